The molecule has 0 unspecified atom stereocenters. The summed E-state index contributed by atoms with van der Waals surface area (Å²) in [6.07, 6.45) is 0.532. The van der Waals surface area contributed by atoms with E-state index >= 15 is 0 Å². The zero-order valence-corrected chi connectivity index (χ0v) is 15.4. The number of benzene rings is 2. The smallest absolute Gasteiger partial charge is 0.341 e. The molecule has 27 heavy (non-hydrogen) atoms. The molecule has 0 aromatic heterocycles. The van der Waals surface area contributed by atoms with Crippen molar-refractivity contribution in [3.05, 3.63) is 79.9 Å². The molecule has 1 heterocycles. The summed E-state index contributed by atoms with van der Waals surface area (Å²) in [5, 5.41) is 24.0. The van der Waals surface area contributed by atoms with Crippen molar-refractivity contribution in [2.75, 3.05) is 32.1 Å². The second-order valence-electron chi connectivity index (χ2n) is 6.96. The second-order valence-corrected chi connectivity index (χ2v) is 6.96. The van der Waals surface area contributed by atoms with Crippen LogP contribution in [-0.2, 0) is 12.1 Å². The fourth-order valence-corrected chi connectivity index (χ4v) is 3.64. The van der Waals surface area contributed by atoms with E-state index in [1.54, 1.807) is 30.3 Å². The minimum absolute atomic E-state index is 0.126. The quantitative estimate of drug-likeness (QED) is 0.441. The van der Waals surface area contributed by atoms with Gasteiger partial charge in [0.15, 0.2) is 0 Å². The Kier molecular flexibility index (Phi) is 5.09. The third-order valence-electron chi connectivity index (χ3n) is 4.94. The number of rotatable bonds is 6. The molecule has 8 heteroatoms. The van der Waals surface area contributed by atoms with Crippen LogP contribution in [0.15, 0.2) is 48.5 Å². The van der Waals surface area contributed by atoms with Gasteiger partial charge in [-0.1, -0.05) is 30.3 Å². The third kappa shape index (κ3) is 3.23. The molecule has 0 N–H and O–H groups in total. The minimum Gasteiger partial charge on any atom is -0.341 e. The van der Waals surface area contributed by atoms with Gasteiger partial charge in [0.05, 0.1) is 5.69 Å². The van der Waals surface area contributed by atoms with Gasteiger partial charge in [0.1, 0.15) is 21.8 Å². The third-order valence-corrected chi connectivity index (χ3v) is 4.94. The summed E-state index contributed by atoms with van der Waals surface area (Å²) in [6, 6.07) is 13.8. The molecule has 1 aliphatic rings. The van der Waals surface area contributed by atoms with Gasteiger partial charge in [0, 0.05) is 12.2 Å². The Morgan fingerprint density at radius 2 is 1.59 bits per heavy atom. The minimum atomic E-state index is -2.40. The molecule has 3 rings (SSSR count). The van der Waals surface area contributed by atoms with Crippen LogP contribution >= 0.6 is 0 Å². The first-order chi connectivity index (χ1) is 12.9. The molecule has 0 spiro atoms. The van der Waals surface area contributed by atoms with Crippen LogP contribution in [0.1, 0.15) is 17.5 Å². The first-order valence-corrected chi connectivity index (χ1v) is 8.76. The zero-order chi connectivity index (χ0) is 19.6. The van der Waals surface area contributed by atoms with Crippen molar-refractivity contribution >= 4 is 11.4 Å². The maximum absolute atomic E-state index is 12.0. The Morgan fingerprint density at radius 1 is 1.00 bits per heavy atom. The number of hydrogen-bond donors (Lipinski definition) is 0. The molecule has 0 radical (unpaired) electrons. The molecule has 142 valence electrons. The van der Waals surface area contributed by atoms with E-state index < -0.39 is 15.5 Å². The highest BCUT2D eigenvalue weighted by molar-refractivity contribution is 5.72. The monoisotopic (exact) mass is 370 g/mol. The molecular formula is C19H22N4O4. The molecule has 0 amide bonds. The van der Waals surface area contributed by atoms with Gasteiger partial charge in [-0.3, -0.25) is 20.2 Å². The topological polar surface area (TPSA) is 92.8 Å². The Labute approximate surface area is 157 Å². The summed E-state index contributed by atoms with van der Waals surface area (Å²) in [6.45, 7) is 1.45. The summed E-state index contributed by atoms with van der Waals surface area (Å²) in [5.41, 5.74) is -0.361. The predicted molar refractivity (Wildman–Crippen MR) is 102 cm³/mol. The molecule has 1 aliphatic heterocycles. The van der Waals surface area contributed by atoms with E-state index in [9.17, 15) is 20.2 Å². The van der Waals surface area contributed by atoms with Gasteiger partial charge in [-0.25, -0.2) is 0 Å². The SMILES string of the molecule is CN(C)CCCN1c2ccccc2CC([N+](=O)[O-])([N+](=O)[O-])c2ccccc21. The normalized spacial score (nSPS) is 15.0. The summed E-state index contributed by atoms with van der Waals surface area (Å²) in [5.74, 6) is 0. The molecule has 0 saturated heterocycles. The number of anilines is 2. The number of fused-ring (bicyclic) bond motifs is 2. The van der Waals surface area contributed by atoms with Crippen LogP contribution < -0.4 is 4.90 Å². The maximum atomic E-state index is 12.0. The van der Waals surface area contributed by atoms with E-state index in [0.29, 0.717) is 17.8 Å². The van der Waals surface area contributed by atoms with Crippen molar-refractivity contribution in [3.63, 3.8) is 0 Å². The number of para-hydroxylation sites is 2. The summed E-state index contributed by atoms with van der Waals surface area (Å²) >= 11 is 0. The molecule has 2 aromatic carbocycles. The van der Waals surface area contributed by atoms with Gasteiger partial charge in [0.25, 0.3) is 0 Å². The van der Waals surface area contributed by atoms with E-state index in [1.165, 1.54) is 6.07 Å². The summed E-state index contributed by atoms with van der Waals surface area (Å²) in [7, 11) is 3.96. The second kappa shape index (κ2) is 7.32. The van der Waals surface area contributed by atoms with Crippen molar-refractivity contribution in [2.24, 2.45) is 0 Å². The summed E-state index contributed by atoms with van der Waals surface area (Å²) in [4.78, 5) is 26.5. The fourth-order valence-electron chi connectivity index (χ4n) is 3.64. The highest BCUT2D eigenvalue weighted by atomic mass is 16.7. The molecule has 0 aliphatic carbocycles. The maximum Gasteiger partial charge on any atom is 0.490 e. The van der Waals surface area contributed by atoms with Gasteiger partial charge in [0.2, 0.25) is 0 Å². The van der Waals surface area contributed by atoms with Gasteiger partial charge in [-0.2, -0.15) is 0 Å². The van der Waals surface area contributed by atoms with Gasteiger partial charge in [-0.05, 0) is 50.8 Å². The van der Waals surface area contributed by atoms with Crippen molar-refractivity contribution in [1.82, 2.24) is 4.90 Å². The van der Waals surface area contributed by atoms with E-state index in [2.05, 4.69) is 4.90 Å². The lowest BCUT2D eigenvalue weighted by molar-refractivity contribution is -0.810. The van der Waals surface area contributed by atoms with Gasteiger partial charge < -0.3 is 9.80 Å². The standard InChI is InChI=1S/C19H22N4O4/c1-20(2)12-7-13-21-17-10-5-3-8-15(17)14-19(22(24)25,23(26)27)16-9-4-6-11-18(16)21/h3-6,8-11H,7,12-14H2,1-2H3. The van der Waals surface area contributed by atoms with Crippen molar-refractivity contribution in [3.8, 4) is 0 Å². The molecule has 2 aromatic rings. The van der Waals surface area contributed by atoms with Gasteiger partial charge >= 0.3 is 5.66 Å². The van der Waals surface area contributed by atoms with Gasteiger partial charge in [-0.15, -0.1) is 0 Å². The highest BCUT2D eigenvalue weighted by Gasteiger charge is 2.61. The molecule has 0 fully saturated rings. The fraction of sp³-hybridized carbons (Fsp3) is 0.368. The molecular weight excluding hydrogens is 348 g/mol. The molecule has 0 saturated carbocycles. The van der Waals surface area contributed by atoms with E-state index in [0.717, 1.165) is 18.7 Å². The highest BCUT2D eigenvalue weighted by Crippen LogP contribution is 2.44. The average molecular weight is 370 g/mol. The Balaban J connectivity index is 2.22. The molecule has 0 atom stereocenters. The lowest BCUT2D eigenvalue weighted by Gasteiger charge is -2.27. The molecule has 8 nitrogen and oxygen atoms in total. The van der Waals surface area contributed by atoms with Crippen molar-refractivity contribution < 1.29 is 9.85 Å². The van der Waals surface area contributed by atoms with E-state index in [-0.39, 0.29) is 12.0 Å². The number of nitrogens with zero attached hydrogens (tertiary/aromatic N) is 4. The van der Waals surface area contributed by atoms with Crippen LogP contribution in [-0.4, -0.2) is 41.9 Å². The lowest BCUT2D eigenvalue weighted by atomic mass is 9.93. The molecule has 0 bridgehead atoms. The van der Waals surface area contributed by atoms with Crippen LogP contribution in [0.4, 0.5) is 11.4 Å². The van der Waals surface area contributed by atoms with E-state index in [4.69, 9.17) is 0 Å². The van der Waals surface area contributed by atoms with Crippen molar-refractivity contribution in [2.45, 2.75) is 18.5 Å². The van der Waals surface area contributed by atoms with E-state index in [1.807, 2.05) is 31.1 Å². The van der Waals surface area contributed by atoms with Crippen LogP contribution in [0.2, 0.25) is 0 Å². The first-order valence-electron chi connectivity index (χ1n) is 8.76. The average Bonchev–Trinajstić information content (AvgIpc) is 2.75. The number of hydrogen-bond acceptors (Lipinski definition) is 6. The largest absolute Gasteiger partial charge is 0.490 e. The van der Waals surface area contributed by atoms with Crippen LogP contribution in [0, 0.1) is 20.2 Å². The van der Waals surface area contributed by atoms with Crippen LogP contribution in [0.5, 0.6) is 0 Å². The zero-order valence-electron chi connectivity index (χ0n) is 15.4. The van der Waals surface area contributed by atoms with Crippen LogP contribution in [0.25, 0.3) is 0 Å². The van der Waals surface area contributed by atoms with Crippen molar-refractivity contribution in [1.29, 1.82) is 0 Å². The Bertz CT molecular complexity index is 854. The Hall–Kier alpha value is -3.00. The predicted octanol–water partition coefficient (Wildman–Crippen LogP) is 3.04. The Morgan fingerprint density at radius 3 is 2.22 bits per heavy atom. The first kappa shape index (κ1) is 18.8. The summed E-state index contributed by atoms with van der Waals surface area (Å²) < 4.78 is 0. The lowest BCUT2D eigenvalue weighted by Crippen LogP contribution is -2.45. The van der Waals surface area contributed by atoms with Crippen LogP contribution in [0.3, 0.4) is 0 Å². The number of nitro groups is 2.